The maximum absolute atomic E-state index is 14.6. The molecule has 0 unspecified atom stereocenters. The number of imidazole rings is 1. The van der Waals surface area contributed by atoms with E-state index < -0.39 is 0 Å². The predicted molar refractivity (Wildman–Crippen MR) is 145 cm³/mol. The van der Waals surface area contributed by atoms with Crippen molar-refractivity contribution >= 4 is 33.3 Å². The quantitative estimate of drug-likeness (QED) is 0.268. The van der Waals surface area contributed by atoms with Gasteiger partial charge in [-0.15, -0.1) is 0 Å². The fourth-order valence-electron chi connectivity index (χ4n) is 4.61. The Morgan fingerprint density at radius 3 is 2.76 bits per heavy atom. The molecule has 1 aliphatic heterocycles. The van der Waals surface area contributed by atoms with E-state index >= 15 is 0 Å². The molecule has 0 amide bonds. The summed E-state index contributed by atoms with van der Waals surface area (Å²) in [6.07, 6.45) is 4.82. The lowest BCUT2D eigenvalue weighted by molar-refractivity contribution is 0.425. The molecule has 5 heterocycles. The highest BCUT2D eigenvalue weighted by atomic mass is 19.1. The van der Waals surface area contributed by atoms with Crippen LogP contribution in [0.2, 0.25) is 0 Å². The van der Waals surface area contributed by atoms with E-state index in [0.29, 0.717) is 40.5 Å². The van der Waals surface area contributed by atoms with E-state index in [0.717, 1.165) is 48.3 Å². The number of hydrogen-bond donors (Lipinski definition) is 4. The van der Waals surface area contributed by atoms with Gasteiger partial charge in [-0.2, -0.15) is 5.10 Å². The Balaban J connectivity index is 1.39. The third-order valence-corrected chi connectivity index (χ3v) is 6.49. The lowest BCUT2D eigenvalue weighted by Gasteiger charge is -2.13. The Morgan fingerprint density at radius 1 is 1.03 bits per heavy atom. The number of aromatic nitrogens is 6. The molecule has 37 heavy (non-hydrogen) atoms. The number of hydrogen-bond acceptors (Lipinski definition) is 7. The molecule has 0 saturated heterocycles. The van der Waals surface area contributed by atoms with Crippen molar-refractivity contribution in [1.82, 2.24) is 40.3 Å². The maximum Gasteiger partial charge on any atom is 0.161 e. The first-order valence-corrected chi connectivity index (χ1v) is 12.3. The van der Waals surface area contributed by atoms with Gasteiger partial charge in [-0.25, -0.2) is 14.4 Å². The molecule has 1 aliphatic rings. The molecule has 0 fully saturated rings. The van der Waals surface area contributed by atoms with E-state index in [1.807, 2.05) is 38.4 Å². The third kappa shape index (κ3) is 4.68. The monoisotopic (exact) mass is 497 g/mol. The number of fused-ring (bicyclic) bond motifs is 2. The molecule has 4 aromatic heterocycles. The molecule has 188 valence electrons. The first-order chi connectivity index (χ1) is 18.0. The highest BCUT2D eigenvalue weighted by molar-refractivity contribution is 5.95. The third-order valence-electron chi connectivity index (χ3n) is 6.49. The number of rotatable bonds is 7. The number of aromatic amines is 2. The van der Waals surface area contributed by atoms with Gasteiger partial charge in [-0.3, -0.25) is 10.1 Å². The average molecular weight is 498 g/mol. The maximum atomic E-state index is 14.6. The molecule has 0 spiro atoms. The summed E-state index contributed by atoms with van der Waals surface area (Å²) in [5.41, 5.74) is 7.80. The van der Waals surface area contributed by atoms with Gasteiger partial charge in [0.25, 0.3) is 0 Å². The van der Waals surface area contributed by atoms with Crippen molar-refractivity contribution in [1.29, 1.82) is 0 Å². The van der Waals surface area contributed by atoms with Crippen LogP contribution in [-0.2, 0) is 0 Å². The summed E-state index contributed by atoms with van der Waals surface area (Å²) in [4.78, 5) is 19.8. The van der Waals surface area contributed by atoms with Crippen molar-refractivity contribution in [3.63, 3.8) is 0 Å². The molecular weight excluding hydrogens is 469 g/mol. The molecule has 5 aromatic rings. The summed E-state index contributed by atoms with van der Waals surface area (Å²) < 4.78 is 14.6. The van der Waals surface area contributed by atoms with Gasteiger partial charge in [0, 0.05) is 37.1 Å². The van der Waals surface area contributed by atoms with Crippen molar-refractivity contribution in [2.45, 2.75) is 6.42 Å². The largest absolute Gasteiger partial charge is 0.384 e. The minimum Gasteiger partial charge on any atom is -0.384 e. The number of likely N-dealkylation sites (N-methyl/N-ethyl adjacent to an activating group) is 1. The lowest BCUT2D eigenvalue weighted by atomic mass is 10.1. The van der Waals surface area contributed by atoms with Gasteiger partial charge in [0.2, 0.25) is 0 Å². The molecule has 0 aliphatic carbocycles. The van der Waals surface area contributed by atoms with E-state index in [2.05, 4.69) is 41.8 Å². The van der Waals surface area contributed by atoms with E-state index in [1.165, 1.54) is 17.7 Å². The normalized spacial score (nSPS) is 14.0. The molecule has 10 heteroatoms. The lowest BCUT2D eigenvalue weighted by Crippen LogP contribution is -2.20. The van der Waals surface area contributed by atoms with Gasteiger partial charge >= 0.3 is 0 Å². The topological polar surface area (TPSA) is 110 Å². The number of anilines is 1. The summed E-state index contributed by atoms with van der Waals surface area (Å²) in [6.45, 7) is 3.33. The first kappa shape index (κ1) is 23.3. The molecule has 4 N–H and O–H groups in total. The van der Waals surface area contributed by atoms with Crippen LogP contribution < -0.4 is 10.6 Å². The summed E-state index contributed by atoms with van der Waals surface area (Å²) in [7, 11) is 4.00. The van der Waals surface area contributed by atoms with Crippen molar-refractivity contribution in [2.24, 2.45) is 0 Å². The smallest absolute Gasteiger partial charge is 0.161 e. The van der Waals surface area contributed by atoms with Gasteiger partial charge in [-0.05, 0) is 69.0 Å². The highest BCUT2D eigenvalue weighted by Gasteiger charge is 2.18. The van der Waals surface area contributed by atoms with Gasteiger partial charge in [0.1, 0.15) is 16.9 Å². The number of pyridine rings is 2. The average Bonchev–Trinajstić information content (AvgIpc) is 3.52. The minimum atomic E-state index is -0.332. The number of nitrogens with one attached hydrogen (secondary N) is 4. The Bertz CT molecular complexity index is 1620. The second-order valence-corrected chi connectivity index (χ2v) is 9.45. The SMILES string of the molecule is CN(C)CCNc1cc(F)cc(-c2nccc3[nH]c(-c4n[nH]c5ccc(C6=CCNCC6)nc45)nc23)c1. The summed E-state index contributed by atoms with van der Waals surface area (Å²) in [6, 6.07) is 10.8. The molecule has 6 rings (SSSR count). The summed E-state index contributed by atoms with van der Waals surface area (Å²) >= 11 is 0. The Kier molecular flexibility index (Phi) is 6.11. The Morgan fingerprint density at radius 2 is 1.92 bits per heavy atom. The molecule has 9 nitrogen and oxygen atoms in total. The number of H-pyrrole nitrogens is 2. The van der Waals surface area contributed by atoms with Gasteiger partial charge in [-0.1, -0.05) is 6.08 Å². The zero-order chi connectivity index (χ0) is 25.4. The molecular formula is C27H28FN9. The number of halogens is 1. The molecule has 0 saturated carbocycles. The number of benzene rings is 1. The van der Waals surface area contributed by atoms with Crippen molar-refractivity contribution < 1.29 is 4.39 Å². The van der Waals surface area contributed by atoms with Crippen LogP contribution in [0.5, 0.6) is 0 Å². The van der Waals surface area contributed by atoms with Crippen LogP contribution in [0, 0.1) is 5.82 Å². The van der Waals surface area contributed by atoms with E-state index in [1.54, 1.807) is 6.20 Å². The van der Waals surface area contributed by atoms with Crippen molar-refractivity contribution in [3.8, 4) is 22.8 Å². The van der Waals surface area contributed by atoms with E-state index in [4.69, 9.17) is 9.97 Å². The predicted octanol–water partition coefficient (Wildman–Crippen LogP) is 4.05. The van der Waals surface area contributed by atoms with Crippen LogP contribution in [0.15, 0.2) is 48.7 Å². The van der Waals surface area contributed by atoms with Crippen molar-refractivity contribution in [2.75, 3.05) is 45.6 Å². The fraction of sp³-hybridized carbons (Fsp3) is 0.259. The zero-order valence-electron chi connectivity index (χ0n) is 20.8. The standard InChI is InChI=1S/C27H28FN9/c1-37(2)12-11-30-19-14-17(13-18(28)15-19)23-24-21(7-10-31-23)33-27(34-24)26-25-22(35-36-26)4-3-20(32-25)16-5-8-29-9-6-16/h3-5,7,10,13-15,29-30H,6,8-9,11-12H2,1-2H3,(H,33,34)(H,35,36). The van der Waals surface area contributed by atoms with Crippen LogP contribution in [0.1, 0.15) is 12.1 Å². The zero-order valence-corrected chi connectivity index (χ0v) is 20.8. The minimum absolute atomic E-state index is 0.332. The molecule has 1 aromatic carbocycles. The van der Waals surface area contributed by atoms with E-state index in [9.17, 15) is 4.39 Å². The first-order valence-electron chi connectivity index (χ1n) is 12.3. The van der Waals surface area contributed by atoms with Crippen LogP contribution in [0.4, 0.5) is 10.1 Å². The molecule has 0 atom stereocenters. The fourth-order valence-corrected chi connectivity index (χ4v) is 4.61. The summed E-state index contributed by atoms with van der Waals surface area (Å²) in [5.74, 6) is 0.252. The van der Waals surface area contributed by atoms with Crippen LogP contribution in [-0.4, -0.2) is 75.3 Å². The highest BCUT2D eigenvalue weighted by Crippen LogP contribution is 2.32. The van der Waals surface area contributed by atoms with Gasteiger partial charge in [0.15, 0.2) is 11.5 Å². The van der Waals surface area contributed by atoms with Crippen molar-refractivity contribution in [3.05, 3.63) is 60.2 Å². The van der Waals surface area contributed by atoms with Crippen LogP contribution in [0.3, 0.4) is 0 Å². The second kappa shape index (κ2) is 9.72. The van der Waals surface area contributed by atoms with E-state index in [-0.39, 0.29) is 5.82 Å². The van der Waals surface area contributed by atoms with Gasteiger partial charge < -0.3 is 20.5 Å². The van der Waals surface area contributed by atoms with Crippen LogP contribution in [0.25, 0.3) is 50.4 Å². The molecule has 0 radical (unpaired) electrons. The van der Waals surface area contributed by atoms with Gasteiger partial charge in [0.05, 0.1) is 22.4 Å². The van der Waals surface area contributed by atoms with Crippen LogP contribution >= 0.6 is 0 Å². The Hall–Kier alpha value is -4.15. The summed E-state index contributed by atoms with van der Waals surface area (Å²) in [5, 5.41) is 14.2. The number of nitrogens with zero attached hydrogens (tertiary/aromatic N) is 5. The Labute approximate surface area is 213 Å². The molecule has 0 bridgehead atoms. The second-order valence-electron chi connectivity index (χ2n) is 9.45.